The number of aliphatic hydroxyl groups is 3. The van der Waals surface area contributed by atoms with Crippen LogP contribution in [0.3, 0.4) is 0 Å². The minimum Gasteiger partial charge on any atom is -0.510 e. The van der Waals surface area contributed by atoms with Crippen LogP contribution in [-0.2, 0) is 22.4 Å². The number of fused-ring (bicyclic) bond motifs is 3. The van der Waals surface area contributed by atoms with Crippen LogP contribution < -0.4 is 10.6 Å². The maximum Gasteiger partial charge on any atom is 0.258 e. The number of phenols is 1. The smallest absolute Gasteiger partial charge is 0.258 e. The molecule has 0 aliphatic heterocycles. The number of carbonyl (C=O) groups excluding carboxylic acids is 3. The number of likely N-dealkylation sites (N-methyl/N-ethyl adjacent to an activating group) is 2. The van der Waals surface area contributed by atoms with Gasteiger partial charge in [0, 0.05) is 18.5 Å². The first kappa shape index (κ1) is 25.9. The first-order valence-corrected chi connectivity index (χ1v) is 12.1. The van der Waals surface area contributed by atoms with E-state index in [-0.39, 0.29) is 23.3 Å². The molecule has 3 aliphatic rings. The number of hydrogen-bond donors (Lipinski definition) is 6. The number of phenolic OH excluding ortho intramolecular Hbond substituents is 1. The number of rotatable bonds is 6. The molecule has 194 valence electrons. The van der Waals surface area contributed by atoms with Gasteiger partial charge in [0.05, 0.1) is 11.6 Å². The van der Waals surface area contributed by atoms with Crippen molar-refractivity contribution in [2.45, 2.75) is 37.3 Å². The normalized spacial score (nSPS) is 27.7. The Morgan fingerprint density at radius 2 is 1.86 bits per heavy atom. The minimum absolute atomic E-state index is 0.0640. The van der Waals surface area contributed by atoms with Gasteiger partial charge < -0.3 is 31.1 Å². The summed E-state index contributed by atoms with van der Waals surface area (Å²) >= 11 is 0. The number of amides is 1. The van der Waals surface area contributed by atoms with Gasteiger partial charge in [0.1, 0.15) is 22.8 Å². The summed E-state index contributed by atoms with van der Waals surface area (Å²) in [6.07, 6.45) is 1.92. The lowest BCUT2D eigenvalue weighted by Gasteiger charge is -2.50. The van der Waals surface area contributed by atoms with Crippen molar-refractivity contribution in [3.05, 3.63) is 51.5 Å². The Morgan fingerprint density at radius 3 is 2.47 bits per heavy atom. The van der Waals surface area contributed by atoms with Crippen LogP contribution in [0, 0.1) is 11.8 Å². The van der Waals surface area contributed by atoms with Crippen LogP contribution in [0.25, 0.3) is 0 Å². The molecule has 4 rings (SSSR count). The number of hydrogen-bond acceptors (Lipinski definition) is 9. The van der Waals surface area contributed by atoms with E-state index >= 15 is 0 Å². The fourth-order valence-electron chi connectivity index (χ4n) is 6.11. The first-order valence-electron chi connectivity index (χ1n) is 12.1. The van der Waals surface area contributed by atoms with Crippen LogP contribution in [0.15, 0.2) is 34.8 Å². The predicted molar refractivity (Wildman–Crippen MR) is 131 cm³/mol. The van der Waals surface area contributed by atoms with Gasteiger partial charge in [0.15, 0.2) is 11.4 Å². The van der Waals surface area contributed by atoms with Crippen molar-refractivity contribution in [1.82, 2.24) is 15.5 Å². The second-order valence-corrected chi connectivity index (χ2v) is 9.98. The van der Waals surface area contributed by atoms with E-state index in [2.05, 4.69) is 10.6 Å². The van der Waals surface area contributed by atoms with Crippen molar-refractivity contribution in [2.75, 3.05) is 34.7 Å². The lowest BCUT2D eigenvalue weighted by atomic mass is 9.58. The quantitative estimate of drug-likeness (QED) is 0.242. The highest BCUT2D eigenvalue weighted by atomic mass is 16.3. The zero-order chi connectivity index (χ0) is 26.5. The number of ketones is 2. The molecule has 36 heavy (non-hydrogen) atoms. The number of aromatic hydroxyl groups is 1. The average Bonchev–Trinajstić information content (AvgIpc) is 2.82. The number of nitrogens with zero attached hydrogens (tertiary/aromatic N) is 1. The Morgan fingerprint density at radius 1 is 1.17 bits per heavy atom. The molecule has 6 N–H and O–H groups in total. The maximum absolute atomic E-state index is 13.7. The summed E-state index contributed by atoms with van der Waals surface area (Å²) in [5.74, 6) is -5.80. The predicted octanol–water partition coefficient (Wildman–Crippen LogP) is 0.533. The van der Waals surface area contributed by atoms with E-state index in [1.54, 1.807) is 25.1 Å². The monoisotopic (exact) mass is 499 g/mol. The standard InChI is InChI=1S/C26H33N3O7/c1-27-9-5-6-12-7-8-16(30)18-14(12)10-13-11-15-20(29(3)4)22(32)19(25(35)28-2)24(34)26(15,36)23(33)17(13)21(18)31/h7-8,13,15,20,27,30,32-33,36H,5-6,9-11H2,1-4H3,(H,28,35)/t13-,15-,20-,26-/m0/s1. The third-order valence-electron chi connectivity index (χ3n) is 7.78. The number of allylic oxidation sites excluding steroid dienone is 1. The van der Waals surface area contributed by atoms with Crippen LogP contribution in [0.2, 0.25) is 0 Å². The average molecular weight is 500 g/mol. The van der Waals surface area contributed by atoms with Crippen LogP contribution in [0.5, 0.6) is 5.75 Å². The Hall–Kier alpha value is -3.21. The lowest BCUT2D eigenvalue weighted by Crippen LogP contribution is -2.64. The van der Waals surface area contributed by atoms with E-state index in [4.69, 9.17) is 0 Å². The molecule has 0 aromatic heterocycles. The van der Waals surface area contributed by atoms with Gasteiger partial charge in [-0.3, -0.25) is 19.3 Å². The van der Waals surface area contributed by atoms with Crippen LogP contribution in [-0.4, -0.2) is 89.2 Å². The summed E-state index contributed by atoms with van der Waals surface area (Å²) in [6.45, 7) is 0.778. The fraction of sp³-hybridized carbons (Fsp3) is 0.500. The first-order chi connectivity index (χ1) is 17.0. The van der Waals surface area contributed by atoms with Crippen LogP contribution in [0.4, 0.5) is 0 Å². The zero-order valence-electron chi connectivity index (χ0n) is 20.9. The third kappa shape index (κ3) is 3.63. The summed E-state index contributed by atoms with van der Waals surface area (Å²) in [7, 11) is 6.40. The number of carbonyl (C=O) groups is 3. The number of Topliss-reactive ketones (excluding diaryl/α,β-unsaturated/α-hetero) is 2. The van der Waals surface area contributed by atoms with E-state index in [1.807, 2.05) is 7.05 Å². The molecule has 3 aliphatic carbocycles. The maximum atomic E-state index is 13.7. The second kappa shape index (κ2) is 9.34. The molecule has 0 bridgehead atoms. The minimum atomic E-state index is -2.58. The number of benzene rings is 1. The molecule has 4 atom stereocenters. The molecule has 0 saturated carbocycles. The molecular weight excluding hydrogens is 466 g/mol. The topological polar surface area (TPSA) is 159 Å². The molecule has 1 amide bonds. The summed E-state index contributed by atoms with van der Waals surface area (Å²) in [6, 6.07) is 2.28. The van der Waals surface area contributed by atoms with Crippen molar-refractivity contribution < 1.29 is 34.8 Å². The highest BCUT2D eigenvalue weighted by molar-refractivity contribution is 6.25. The second-order valence-electron chi connectivity index (χ2n) is 9.98. The number of aliphatic hydroxyl groups excluding tert-OH is 2. The van der Waals surface area contributed by atoms with Gasteiger partial charge in [-0.25, -0.2) is 0 Å². The molecule has 0 fully saturated rings. The summed E-state index contributed by atoms with van der Waals surface area (Å²) in [5.41, 5.74) is -1.70. The van der Waals surface area contributed by atoms with Crippen LogP contribution >= 0.6 is 0 Å². The molecule has 0 spiro atoms. The van der Waals surface area contributed by atoms with E-state index < -0.39 is 58.0 Å². The molecule has 0 heterocycles. The lowest BCUT2D eigenvalue weighted by molar-refractivity contribution is -0.148. The van der Waals surface area contributed by atoms with E-state index in [0.717, 1.165) is 18.5 Å². The third-order valence-corrected chi connectivity index (χ3v) is 7.78. The summed E-state index contributed by atoms with van der Waals surface area (Å²) in [5, 5.41) is 50.0. The molecule has 1 aromatic rings. The molecule has 1 aromatic carbocycles. The molecular formula is C26H33N3O7. The molecule has 0 unspecified atom stereocenters. The summed E-state index contributed by atoms with van der Waals surface area (Å²) < 4.78 is 0. The van der Waals surface area contributed by atoms with Crippen molar-refractivity contribution >= 4 is 17.5 Å². The van der Waals surface area contributed by atoms with Crippen molar-refractivity contribution in [3.63, 3.8) is 0 Å². The van der Waals surface area contributed by atoms with E-state index in [1.165, 1.54) is 13.1 Å². The molecule has 0 radical (unpaired) electrons. The van der Waals surface area contributed by atoms with Crippen molar-refractivity contribution in [1.29, 1.82) is 0 Å². The van der Waals surface area contributed by atoms with Crippen molar-refractivity contribution in [2.24, 2.45) is 11.8 Å². The molecule has 10 nitrogen and oxygen atoms in total. The Labute approximate surface area is 209 Å². The van der Waals surface area contributed by atoms with Gasteiger partial charge >= 0.3 is 0 Å². The summed E-state index contributed by atoms with van der Waals surface area (Å²) in [4.78, 5) is 41.2. The zero-order valence-corrected chi connectivity index (χ0v) is 20.9. The Balaban J connectivity index is 1.89. The van der Waals surface area contributed by atoms with Crippen molar-refractivity contribution in [3.8, 4) is 5.75 Å². The van der Waals surface area contributed by atoms with Gasteiger partial charge in [0.2, 0.25) is 5.78 Å². The van der Waals surface area contributed by atoms with Gasteiger partial charge in [-0.15, -0.1) is 0 Å². The van der Waals surface area contributed by atoms with E-state index in [9.17, 15) is 34.8 Å². The Bertz CT molecular complexity index is 1200. The van der Waals surface area contributed by atoms with Crippen LogP contribution in [0.1, 0.15) is 34.3 Å². The van der Waals surface area contributed by atoms with Gasteiger partial charge in [-0.1, -0.05) is 6.07 Å². The number of aryl methyl sites for hydroxylation is 1. The molecule has 0 saturated heterocycles. The van der Waals surface area contributed by atoms with Gasteiger partial charge in [0.25, 0.3) is 5.91 Å². The van der Waals surface area contributed by atoms with Gasteiger partial charge in [-0.05, 0) is 76.5 Å². The van der Waals surface area contributed by atoms with Gasteiger partial charge in [-0.2, -0.15) is 0 Å². The number of nitrogens with one attached hydrogen (secondary N) is 2. The molecule has 10 heteroatoms. The highest BCUT2D eigenvalue weighted by Crippen LogP contribution is 2.52. The fourth-order valence-corrected chi connectivity index (χ4v) is 6.11. The largest absolute Gasteiger partial charge is 0.510 e. The Kier molecular flexibility index (Phi) is 6.72. The van der Waals surface area contributed by atoms with E-state index in [0.29, 0.717) is 18.4 Å². The SMILES string of the molecule is CNCCCc1ccc(O)c2c1C[C@H]1C[C@H]3[C@H](N(C)C)C(O)=C(C(=O)NC)C(=O)[C@@]3(O)C(O)=C1C2=O. The highest BCUT2D eigenvalue weighted by Gasteiger charge is 2.63.